The first-order valence-electron chi connectivity index (χ1n) is 5.47. The van der Waals surface area contributed by atoms with Crippen molar-refractivity contribution in [2.75, 3.05) is 25.2 Å². The summed E-state index contributed by atoms with van der Waals surface area (Å²) in [6.45, 7) is 0.412. The first kappa shape index (κ1) is 11.7. The fourth-order valence-corrected chi connectivity index (χ4v) is 1.77. The zero-order valence-electron chi connectivity index (χ0n) is 9.63. The van der Waals surface area contributed by atoms with Crippen molar-refractivity contribution < 1.29 is 19.4 Å². The van der Waals surface area contributed by atoms with Gasteiger partial charge in [-0.1, -0.05) is 6.07 Å². The summed E-state index contributed by atoms with van der Waals surface area (Å²) in [4.78, 5) is 13.3. The molecule has 1 aliphatic heterocycles. The van der Waals surface area contributed by atoms with Gasteiger partial charge in [0.05, 0.1) is 19.4 Å². The van der Waals surface area contributed by atoms with Crippen molar-refractivity contribution in [2.24, 2.45) is 0 Å². The molecule has 0 radical (unpaired) electrons. The summed E-state index contributed by atoms with van der Waals surface area (Å²) in [7, 11) is 1.58. The lowest BCUT2D eigenvalue weighted by molar-refractivity contribution is 0.0453. The van der Waals surface area contributed by atoms with Crippen molar-refractivity contribution in [2.45, 2.75) is 12.5 Å². The molecule has 5 heteroatoms. The molecule has 1 amide bonds. The van der Waals surface area contributed by atoms with Crippen LogP contribution in [0.15, 0.2) is 24.3 Å². The molecule has 0 aromatic heterocycles. The summed E-state index contributed by atoms with van der Waals surface area (Å²) < 4.78 is 10.2. The van der Waals surface area contributed by atoms with Gasteiger partial charge in [0.2, 0.25) is 0 Å². The normalized spacial score (nSPS) is 20.0. The van der Waals surface area contributed by atoms with Crippen LogP contribution in [0, 0.1) is 0 Å². The number of hydrogen-bond acceptors (Lipinski definition) is 4. The van der Waals surface area contributed by atoms with Gasteiger partial charge in [0.1, 0.15) is 11.9 Å². The van der Waals surface area contributed by atoms with Gasteiger partial charge in [-0.3, -0.25) is 4.90 Å². The zero-order valence-corrected chi connectivity index (χ0v) is 9.63. The van der Waals surface area contributed by atoms with E-state index in [2.05, 4.69) is 0 Å². The monoisotopic (exact) mass is 237 g/mol. The molecule has 1 atom stereocenters. The highest BCUT2D eigenvalue weighted by molar-refractivity contribution is 5.88. The Bertz CT molecular complexity index is 407. The molecule has 0 spiro atoms. The van der Waals surface area contributed by atoms with E-state index in [1.807, 2.05) is 18.2 Å². The van der Waals surface area contributed by atoms with Crippen LogP contribution in [0.25, 0.3) is 0 Å². The van der Waals surface area contributed by atoms with E-state index in [1.54, 1.807) is 13.2 Å². The maximum atomic E-state index is 11.7. The number of aliphatic hydroxyl groups excluding tert-OH is 1. The molecule has 1 unspecified atom stereocenters. The van der Waals surface area contributed by atoms with Crippen LogP contribution in [0.5, 0.6) is 5.75 Å². The highest BCUT2D eigenvalue weighted by Crippen LogP contribution is 2.24. The number of nitrogens with zero attached hydrogens (tertiary/aromatic N) is 1. The molecule has 1 heterocycles. The van der Waals surface area contributed by atoms with E-state index in [9.17, 15) is 4.79 Å². The molecule has 1 aromatic carbocycles. The van der Waals surface area contributed by atoms with E-state index in [-0.39, 0.29) is 12.7 Å². The van der Waals surface area contributed by atoms with Gasteiger partial charge in [0.15, 0.2) is 0 Å². The molecular weight excluding hydrogens is 222 g/mol. The van der Waals surface area contributed by atoms with Gasteiger partial charge in [-0.05, 0) is 12.1 Å². The van der Waals surface area contributed by atoms with E-state index < -0.39 is 6.09 Å². The summed E-state index contributed by atoms with van der Waals surface area (Å²) >= 11 is 0. The zero-order chi connectivity index (χ0) is 12.3. The number of rotatable bonds is 3. The van der Waals surface area contributed by atoms with E-state index in [1.165, 1.54) is 4.90 Å². The van der Waals surface area contributed by atoms with E-state index >= 15 is 0 Å². The number of methoxy groups -OCH3 is 1. The molecule has 5 nitrogen and oxygen atoms in total. The maximum Gasteiger partial charge on any atom is 0.414 e. The Labute approximate surface area is 99.6 Å². The smallest absolute Gasteiger partial charge is 0.414 e. The minimum absolute atomic E-state index is 0.127. The number of ether oxygens (including phenoxy) is 2. The Hall–Kier alpha value is -1.75. The van der Waals surface area contributed by atoms with Gasteiger partial charge >= 0.3 is 6.09 Å². The molecule has 1 saturated heterocycles. The predicted octanol–water partition coefficient (Wildman–Crippen LogP) is 1.40. The average molecular weight is 237 g/mol. The second kappa shape index (κ2) is 5.05. The average Bonchev–Trinajstić information content (AvgIpc) is 2.38. The summed E-state index contributed by atoms with van der Waals surface area (Å²) in [5, 5.41) is 8.93. The minimum atomic E-state index is -0.427. The van der Waals surface area contributed by atoms with Gasteiger partial charge in [0, 0.05) is 19.0 Å². The predicted molar refractivity (Wildman–Crippen MR) is 62.3 cm³/mol. The van der Waals surface area contributed by atoms with Gasteiger partial charge in [0.25, 0.3) is 0 Å². The summed E-state index contributed by atoms with van der Waals surface area (Å²) in [6, 6.07) is 7.23. The molecule has 92 valence electrons. The molecule has 2 rings (SSSR count). The second-order valence-electron chi connectivity index (χ2n) is 3.83. The topological polar surface area (TPSA) is 59.0 Å². The number of cyclic esters (lactones) is 1. The van der Waals surface area contributed by atoms with Crippen LogP contribution >= 0.6 is 0 Å². The van der Waals surface area contributed by atoms with Crippen LogP contribution in [0.4, 0.5) is 10.5 Å². The quantitative estimate of drug-likeness (QED) is 0.863. The molecule has 1 N–H and O–H groups in total. The first-order chi connectivity index (χ1) is 8.24. The van der Waals surface area contributed by atoms with Crippen LogP contribution in [0.1, 0.15) is 6.42 Å². The van der Waals surface area contributed by atoms with E-state index in [0.717, 1.165) is 5.69 Å². The van der Waals surface area contributed by atoms with Crippen molar-refractivity contribution in [3.05, 3.63) is 24.3 Å². The fraction of sp³-hybridized carbons (Fsp3) is 0.417. The highest BCUT2D eigenvalue weighted by Gasteiger charge is 2.27. The largest absolute Gasteiger partial charge is 0.497 e. The number of anilines is 1. The molecule has 0 aliphatic carbocycles. The van der Waals surface area contributed by atoms with Crippen molar-refractivity contribution in [3.63, 3.8) is 0 Å². The summed E-state index contributed by atoms with van der Waals surface area (Å²) in [5.74, 6) is 0.694. The van der Waals surface area contributed by atoms with Crippen molar-refractivity contribution in [3.8, 4) is 5.75 Å². The van der Waals surface area contributed by atoms with Gasteiger partial charge < -0.3 is 14.6 Å². The van der Waals surface area contributed by atoms with Crippen LogP contribution in [-0.4, -0.2) is 37.6 Å². The third-order valence-electron chi connectivity index (χ3n) is 2.73. The van der Waals surface area contributed by atoms with Gasteiger partial charge in [-0.25, -0.2) is 4.79 Å². The third kappa shape index (κ3) is 2.50. The van der Waals surface area contributed by atoms with Crippen molar-refractivity contribution in [1.82, 2.24) is 0 Å². The van der Waals surface area contributed by atoms with Crippen LogP contribution in [0.3, 0.4) is 0 Å². The Kier molecular flexibility index (Phi) is 3.49. The number of hydrogen-bond donors (Lipinski definition) is 1. The Morgan fingerprint density at radius 2 is 2.41 bits per heavy atom. The van der Waals surface area contributed by atoms with Gasteiger partial charge in [-0.15, -0.1) is 0 Å². The molecule has 1 aliphatic rings. The van der Waals surface area contributed by atoms with Crippen LogP contribution in [0.2, 0.25) is 0 Å². The van der Waals surface area contributed by atoms with Crippen LogP contribution in [-0.2, 0) is 4.74 Å². The third-order valence-corrected chi connectivity index (χ3v) is 2.73. The molecule has 17 heavy (non-hydrogen) atoms. The Morgan fingerprint density at radius 1 is 1.59 bits per heavy atom. The summed E-state index contributed by atoms with van der Waals surface area (Å²) in [6.07, 6.45) is -0.188. The second-order valence-corrected chi connectivity index (χ2v) is 3.83. The number of carbonyl (C=O) groups is 1. The first-order valence-corrected chi connectivity index (χ1v) is 5.47. The number of aliphatic hydroxyl groups is 1. The fourth-order valence-electron chi connectivity index (χ4n) is 1.77. The van der Waals surface area contributed by atoms with Crippen LogP contribution < -0.4 is 9.64 Å². The summed E-state index contributed by atoms with van der Waals surface area (Å²) in [5.41, 5.74) is 0.741. The molecule has 0 saturated carbocycles. The Morgan fingerprint density at radius 3 is 3.06 bits per heavy atom. The molecule has 1 fully saturated rings. The number of amides is 1. The minimum Gasteiger partial charge on any atom is -0.497 e. The SMILES string of the molecule is COc1cccc(N2CCC(CO)OC2=O)c1. The highest BCUT2D eigenvalue weighted by atomic mass is 16.6. The lowest BCUT2D eigenvalue weighted by atomic mass is 10.2. The lowest BCUT2D eigenvalue weighted by Crippen LogP contribution is -2.43. The van der Waals surface area contributed by atoms with E-state index in [0.29, 0.717) is 18.7 Å². The number of carbonyl (C=O) groups excluding carboxylic acids is 1. The van der Waals surface area contributed by atoms with Crippen molar-refractivity contribution >= 4 is 11.8 Å². The molecule has 0 bridgehead atoms. The number of benzene rings is 1. The molecular formula is C12H15NO4. The lowest BCUT2D eigenvalue weighted by Gasteiger charge is -2.31. The standard InChI is InChI=1S/C12H15NO4/c1-16-10-4-2-3-9(7-10)13-6-5-11(8-14)17-12(13)15/h2-4,7,11,14H,5-6,8H2,1H3. The Balaban J connectivity index is 2.14. The van der Waals surface area contributed by atoms with Crippen molar-refractivity contribution in [1.29, 1.82) is 0 Å². The maximum absolute atomic E-state index is 11.7. The molecule has 1 aromatic rings. The van der Waals surface area contributed by atoms with Gasteiger partial charge in [-0.2, -0.15) is 0 Å². The van der Waals surface area contributed by atoms with E-state index in [4.69, 9.17) is 14.6 Å².